The SMILES string of the molecule is COc1cc2ncnc([SeH])c2cc1OC.[LiH]. The first-order valence-corrected chi connectivity index (χ1v) is 5.25. The van der Waals surface area contributed by atoms with Crippen LogP contribution in [0.1, 0.15) is 0 Å². The van der Waals surface area contributed by atoms with Crippen molar-refractivity contribution in [2.24, 2.45) is 0 Å². The van der Waals surface area contributed by atoms with Gasteiger partial charge in [0, 0.05) is 0 Å². The van der Waals surface area contributed by atoms with Gasteiger partial charge in [-0.15, -0.1) is 0 Å². The molecule has 2 rings (SSSR count). The van der Waals surface area contributed by atoms with Crippen molar-refractivity contribution in [3.63, 3.8) is 0 Å². The summed E-state index contributed by atoms with van der Waals surface area (Å²) in [6.07, 6.45) is 1.53. The zero-order valence-corrected chi connectivity index (χ0v) is 10.3. The van der Waals surface area contributed by atoms with Crippen molar-refractivity contribution in [2.75, 3.05) is 14.2 Å². The topological polar surface area (TPSA) is 44.2 Å². The van der Waals surface area contributed by atoms with Crippen LogP contribution in [0.15, 0.2) is 18.5 Å². The summed E-state index contributed by atoms with van der Waals surface area (Å²) in [5.74, 6) is 1.36. The third-order valence-corrected chi connectivity index (χ3v) is 2.87. The Balaban J connectivity index is 0.00000128. The van der Waals surface area contributed by atoms with Gasteiger partial charge in [-0.3, -0.25) is 0 Å². The van der Waals surface area contributed by atoms with Gasteiger partial charge in [0.05, 0.1) is 0 Å². The summed E-state index contributed by atoms with van der Waals surface area (Å²) in [5.41, 5.74) is 0.846. The fourth-order valence-electron chi connectivity index (χ4n) is 1.37. The Morgan fingerprint density at radius 3 is 2.31 bits per heavy atom. The monoisotopic (exact) mass is 278 g/mol. The van der Waals surface area contributed by atoms with Crippen molar-refractivity contribution in [1.82, 2.24) is 9.97 Å². The van der Waals surface area contributed by atoms with E-state index >= 15 is 0 Å². The Labute approximate surface area is 114 Å². The van der Waals surface area contributed by atoms with Crippen molar-refractivity contribution in [3.8, 4) is 11.5 Å². The van der Waals surface area contributed by atoms with Crippen LogP contribution in [-0.4, -0.2) is 59.1 Å². The Morgan fingerprint density at radius 2 is 1.69 bits per heavy atom. The molecule has 0 unspecified atom stereocenters. The number of methoxy groups -OCH3 is 2. The number of fused-ring (bicyclic) bond motifs is 1. The van der Waals surface area contributed by atoms with Crippen LogP contribution < -0.4 is 14.1 Å². The molecular formula is C10H11LiN2O2Se. The Bertz CT molecular complexity index is 507. The first kappa shape index (κ1) is 13.3. The van der Waals surface area contributed by atoms with Crippen LogP contribution in [0.25, 0.3) is 10.9 Å². The molecule has 0 aliphatic heterocycles. The number of ether oxygens (including phenoxy) is 2. The first-order valence-electron chi connectivity index (χ1n) is 4.32. The van der Waals surface area contributed by atoms with E-state index in [2.05, 4.69) is 26.0 Å². The van der Waals surface area contributed by atoms with E-state index in [1.807, 2.05) is 12.1 Å². The predicted molar refractivity (Wildman–Crippen MR) is 66.6 cm³/mol. The molecule has 0 amide bonds. The fraction of sp³-hybridized carbons (Fsp3) is 0.200. The van der Waals surface area contributed by atoms with Crippen molar-refractivity contribution in [2.45, 2.75) is 0 Å². The van der Waals surface area contributed by atoms with E-state index in [1.165, 1.54) is 6.33 Å². The molecule has 0 saturated heterocycles. The third kappa shape index (κ3) is 2.33. The number of benzene rings is 1. The summed E-state index contributed by atoms with van der Waals surface area (Å²) in [5, 5.41) is 0.954. The molecule has 1 heterocycles. The van der Waals surface area contributed by atoms with E-state index in [1.54, 1.807) is 14.2 Å². The predicted octanol–water partition coefficient (Wildman–Crippen LogP) is -0.475. The molecule has 6 heteroatoms. The van der Waals surface area contributed by atoms with E-state index in [0.29, 0.717) is 11.5 Å². The van der Waals surface area contributed by atoms with Crippen LogP contribution in [0, 0.1) is 0 Å². The average molecular weight is 277 g/mol. The molecule has 0 aliphatic rings. The Morgan fingerprint density at radius 1 is 1.06 bits per heavy atom. The normalized spacial score (nSPS) is 9.69. The van der Waals surface area contributed by atoms with E-state index < -0.39 is 0 Å². The van der Waals surface area contributed by atoms with Gasteiger partial charge in [-0.05, 0) is 0 Å². The van der Waals surface area contributed by atoms with Gasteiger partial charge in [-0.1, -0.05) is 0 Å². The maximum absolute atomic E-state index is 5.21. The Kier molecular flexibility index (Phi) is 4.64. The molecule has 4 nitrogen and oxygen atoms in total. The van der Waals surface area contributed by atoms with E-state index in [-0.39, 0.29) is 18.9 Å². The number of hydrogen-bond donors (Lipinski definition) is 0. The van der Waals surface area contributed by atoms with Crippen molar-refractivity contribution in [3.05, 3.63) is 18.5 Å². The fourth-order valence-corrected chi connectivity index (χ4v) is 1.85. The molecule has 1 aromatic heterocycles. The second kappa shape index (κ2) is 5.56. The Hall–Kier alpha value is -0.723. The molecule has 1 aromatic carbocycles. The maximum atomic E-state index is 5.21. The number of aromatic nitrogens is 2. The molecule has 0 radical (unpaired) electrons. The van der Waals surface area contributed by atoms with Gasteiger partial charge < -0.3 is 0 Å². The summed E-state index contributed by atoms with van der Waals surface area (Å²) in [4.78, 5) is 8.27. The zero-order chi connectivity index (χ0) is 10.8. The van der Waals surface area contributed by atoms with Gasteiger partial charge in [-0.2, -0.15) is 0 Å². The minimum absolute atomic E-state index is 0. The molecule has 0 fully saturated rings. The summed E-state index contributed by atoms with van der Waals surface area (Å²) < 4.78 is 11.3. The van der Waals surface area contributed by atoms with Crippen LogP contribution >= 0.6 is 0 Å². The quantitative estimate of drug-likeness (QED) is 0.696. The van der Waals surface area contributed by atoms with Crippen molar-refractivity contribution in [1.29, 1.82) is 0 Å². The van der Waals surface area contributed by atoms with Crippen LogP contribution in [-0.2, 0) is 0 Å². The van der Waals surface area contributed by atoms with Crippen LogP contribution in [0.2, 0.25) is 0 Å². The molecule has 0 spiro atoms. The zero-order valence-electron chi connectivity index (χ0n) is 8.39. The molecule has 0 bridgehead atoms. The number of nitrogens with zero attached hydrogens (tertiary/aromatic N) is 2. The standard InChI is InChI=1S/C10H10N2O2Se.Li.H/c1-13-8-3-6-7(4-9(8)14-2)11-5-12-10(6)15;;/h3-5H,1-2H3,(H,11,12,15);;. The molecular weight excluding hydrogens is 266 g/mol. The van der Waals surface area contributed by atoms with Crippen LogP contribution in [0.5, 0.6) is 11.5 Å². The molecule has 0 atom stereocenters. The molecule has 0 aliphatic carbocycles. The van der Waals surface area contributed by atoms with E-state index in [0.717, 1.165) is 15.5 Å². The van der Waals surface area contributed by atoms with Crippen molar-refractivity contribution < 1.29 is 9.47 Å². The van der Waals surface area contributed by atoms with Gasteiger partial charge in [0.25, 0.3) is 0 Å². The molecule has 2 aromatic rings. The van der Waals surface area contributed by atoms with Crippen molar-refractivity contribution >= 4 is 50.4 Å². The van der Waals surface area contributed by atoms with E-state index in [4.69, 9.17) is 9.47 Å². The summed E-state index contributed by atoms with van der Waals surface area (Å²) >= 11 is 2.41. The molecule has 0 N–H and O–H groups in total. The second-order valence-electron chi connectivity index (χ2n) is 2.92. The number of rotatable bonds is 2. The van der Waals surface area contributed by atoms with Gasteiger partial charge in [0.2, 0.25) is 0 Å². The second-order valence-corrected chi connectivity index (χ2v) is 3.81. The summed E-state index contributed by atoms with van der Waals surface area (Å²) in [6.45, 7) is 0. The van der Waals surface area contributed by atoms with Gasteiger partial charge in [-0.25, -0.2) is 0 Å². The first-order chi connectivity index (χ1) is 7.26. The van der Waals surface area contributed by atoms with E-state index in [9.17, 15) is 0 Å². The average Bonchev–Trinajstić information content (AvgIpc) is 2.28. The van der Waals surface area contributed by atoms with Gasteiger partial charge >= 0.3 is 114 Å². The number of hydrogen-bond acceptors (Lipinski definition) is 4. The molecule has 0 saturated carbocycles. The van der Waals surface area contributed by atoms with Gasteiger partial charge in [0.15, 0.2) is 0 Å². The third-order valence-electron chi connectivity index (χ3n) is 2.12. The summed E-state index contributed by atoms with van der Waals surface area (Å²) in [7, 11) is 3.21. The van der Waals surface area contributed by atoms with Crippen LogP contribution in [0.3, 0.4) is 0 Å². The molecule has 16 heavy (non-hydrogen) atoms. The van der Waals surface area contributed by atoms with Gasteiger partial charge in [0.1, 0.15) is 0 Å². The molecule has 80 valence electrons. The summed E-state index contributed by atoms with van der Waals surface area (Å²) in [6, 6.07) is 3.72. The van der Waals surface area contributed by atoms with Crippen LogP contribution in [0.4, 0.5) is 0 Å². The minimum atomic E-state index is 0.